The minimum absolute atomic E-state index is 0.0391. The van der Waals surface area contributed by atoms with Crippen molar-refractivity contribution in [2.45, 2.75) is 26.1 Å². The fraction of sp³-hybridized carbons (Fsp3) is 0.104. The molecule has 0 radical (unpaired) electrons. The monoisotopic (exact) mass is 722 g/mol. The molecule has 0 aromatic heterocycles. The highest BCUT2D eigenvalue weighted by Crippen LogP contribution is 2.58. The number of carbonyl (C=O) groups excluding carboxylic acids is 1. The third kappa shape index (κ3) is 5.59. The number of rotatable bonds is 8. The molecule has 270 valence electrons. The summed E-state index contributed by atoms with van der Waals surface area (Å²) < 4.78 is 19.1. The van der Waals surface area contributed by atoms with E-state index in [0.717, 1.165) is 73.3 Å². The van der Waals surface area contributed by atoms with E-state index in [1.807, 2.05) is 128 Å². The maximum Gasteiger partial charge on any atom is 0.340 e. The molecule has 7 aromatic rings. The number of esters is 1. The number of carbonyl (C=O) groups is 1. The molecular weight excluding hydrogens is 685 g/mol. The van der Waals surface area contributed by atoms with Gasteiger partial charge in [0.25, 0.3) is 0 Å². The first-order valence-electron chi connectivity index (χ1n) is 18.2. The van der Waals surface area contributed by atoms with E-state index in [9.17, 15) is 9.90 Å². The molecule has 1 spiro atoms. The molecule has 1 N–H and O–H groups in total. The summed E-state index contributed by atoms with van der Waals surface area (Å²) in [6.07, 6.45) is 0. The summed E-state index contributed by atoms with van der Waals surface area (Å²) in [7, 11) is 1.67. The Morgan fingerprint density at radius 1 is 0.582 bits per heavy atom. The first kappa shape index (κ1) is 34.0. The summed E-state index contributed by atoms with van der Waals surface area (Å²) in [5, 5.41) is 9.87. The summed E-state index contributed by atoms with van der Waals surface area (Å²) in [4.78, 5) is 18.1. The van der Waals surface area contributed by atoms with E-state index >= 15 is 0 Å². The van der Waals surface area contributed by atoms with Crippen molar-refractivity contribution < 1.29 is 24.1 Å². The average Bonchev–Trinajstić information content (AvgIpc) is 3.51. The molecule has 7 aromatic carbocycles. The number of methoxy groups -OCH3 is 1. The molecule has 55 heavy (non-hydrogen) atoms. The van der Waals surface area contributed by atoms with Gasteiger partial charge in [0, 0.05) is 62.9 Å². The highest BCUT2D eigenvalue weighted by atomic mass is 16.6. The SMILES string of the molecule is COc1ccc(N(c2ccccc2)c2ccc3c(c2)Oc2cc(N(c4ccccc4)c4ccc(CO)cc4C)ccc2C32OC(=O)c3ccccc32)c(C)c1. The van der Waals surface area contributed by atoms with Crippen molar-refractivity contribution in [1.29, 1.82) is 0 Å². The van der Waals surface area contributed by atoms with Crippen molar-refractivity contribution in [3.63, 3.8) is 0 Å². The van der Waals surface area contributed by atoms with Crippen molar-refractivity contribution in [2.24, 2.45) is 0 Å². The number of hydrogen-bond acceptors (Lipinski definition) is 7. The van der Waals surface area contributed by atoms with Gasteiger partial charge in [0.15, 0.2) is 5.60 Å². The minimum atomic E-state index is -1.24. The summed E-state index contributed by atoms with van der Waals surface area (Å²) in [5.41, 5.74) is 10.0. The molecule has 7 heteroatoms. The highest BCUT2D eigenvalue weighted by Gasteiger charge is 2.53. The van der Waals surface area contributed by atoms with Crippen LogP contribution in [-0.4, -0.2) is 18.2 Å². The first-order chi connectivity index (χ1) is 26.9. The van der Waals surface area contributed by atoms with Crippen LogP contribution in [0.1, 0.15) is 43.7 Å². The van der Waals surface area contributed by atoms with Crippen molar-refractivity contribution in [3.8, 4) is 17.2 Å². The Hall–Kier alpha value is -6.83. The third-order valence-electron chi connectivity index (χ3n) is 10.6. The summed E-state index contributed by atoms with van der Waals surface area (Å²) in [6.45, 7) is 4.08. The lowest BCUT2D eigenvalue weighted by atomic mass is 9.77. The first-order valence-corrected chi connectivity index (χ1v) is 18.2. The normalized spacial score (nSPS) is 15.0. The molecule has 7 nitrogen and oxygen atoms in total. The van der Waals surface area contributed by atoms with Gasteiger partial charge in [0.1, 0.15) is 17.2 Å². The fourth-order valence-corrected chi connectivity index (χ4v) is 8.01. The van der Waals surface area contributed by atoms with Gasteiger partial charge in [-0.25, -0.2) is 4.79 Å². The number of anilines is 6. The molecule has 9 rings (SSSR count). The fourth-order valence-electron chi connectivity index (χ4n) is 8.01. The van der Waals surface area contributed by atoms with Crippen LogP contribution in [0.5, 0.6) is 17.2 Å². The molecule has 1 unspecified atom stereocenters. The summed E-state index contributed by atoms with van der Waals surface area (Å²) >= 11 is 0. The number of nitrogens with zero attached hydrogens (tertiary/aromatic N) is 2. The van der Waals surface area contributed by atoms with E-state index in [4.69, 9.17) is 14.2 Å². The largest absolute Gasteiger partial charge is 0.497 e. The van der Waals surface area contributed by atoms with Crippen LogP contribution in [-0.2, 0) is 16.9 Å². The van der Waals surface area contributed by atoms with Gasteiger partial charge in [-0.1, -0.05) is 66.7 Å². The Kier molecular flexibility index (Phi) is 8.36. The van der Waals surface area contributed by atoms with Gasteiger partial charge in [0.05, 0.1) is 19.3 Å². The number of hydrogen-bond donors (Lipinski definition) is 1. The van der Waals surface area contributed by atoms with E-state index in [0.29, 0.717) is 17.1 Å². The van der Waals surface area contributed by atoms with E-state index in [2.05, 4.69) is 53.1 Å². The molecule has 0 bridgehead atoms. The lowest BCUT2D eigenvalue weighted by Crippen LogP contribution is -2.33. The van der Waals surface area contributed by atoms with Gasteiger partial charge < -0.3 is 29.1 Å². The Morgan fingerprint density at radius 3 is 1.67 bits per heavy atom. The molecular formula is C48H38N2O5. The van der Waals surface area contributed by atoms with Crippen molar-refractivity contribution in [2.75, 3.05) is 16.9 Å². The van der Waals surface area contributed by atoms with E-state index in [-0.39, 0.29) is 12.6 Å². The zero-order valence-electron chi connectivity index (χ0n) is 30.7. The van der Waals surface area contributed by atoms with E-state index in [1.54, 1.807) is 7.11 Å². The minimum Gasteiger partial charge on any atom is -0.497 e. The molecule has 1 atom stereocenters. The molecule has 0 amide bonds. The second kappa shape index (κ2) is 13.5. The molecule has 2 aliphatic rings. The van der Waals surface area contributed by atoms with Crippen LogP contribution in [0.2, 0.25) is 0 Å². The molecule has 0 saturated heterocycles. The lowest BCUT2D eigenvalue weighted by Gasteiger charge is -2.38. The zero-order valence-corrected chi connectivity index (χ0v) is 30.7. The second-order valence-electron chi connectivity index (χ2n) is 13.9. The molecule has 0 aliphatic carbocycles. The molecule has 0 fully saturated rings. The van der Waals surface area contributed by atoms with Crippen LogP contribution in [0.3, 0.4) is 0 Å². The number of benzene rings is 7. The lowest BCUT2D eigenvalue weighted by molar-refractivity contribution is 0.0224. The molecule has 2 aliphatic heterocycles. The van der Waals surface area contributed by atoms with Crippen LogP contribution in [0.4, 0.5) is 34.1 Å². The van der Waals surface area contributed by atoms with Crippen molar-refractivity contribution in [3.05, 3.63) is 197 Å². The number of aryl methyl sites for hydroxylation is 2. The molecule has 0 saturated carbocycles. The maximum absolute atomic E-state index is 13.7. The maximum atomic E-state index is 13.7. The standard InChI is InChI=1S/C48H38N2O5/c1-31-26-33(30-51)18-24-43(31)49(34-12-6-4-7-13-34)36-19-22-41-45(28-36)54-46-29-37(20-23-42(46)48(41)40-17-11-10-16-39(40)47(52)55-48)50(35-14-8-5-9-15-35)44-25-21-38(53-3)27-32(44)2/h4-29,51H,30H2,1-3H3. The Morgan fingerprint density at radius 2 is 1.13 bits per heavy atom. The van der Waals surface area contributed by atoms with Gasteiger partial charge in [-0.3, -0.25) is 0 Å². The smallest absolute Gasteiger partial charge is 0.340 e. The van der Waals surface area contributed by atoms with Crippen LogP contribution in [0, 0.1) is 13.8 Å². The average molecular weight is 723 g/mol. The van der Waals surface area contributed by atoms with Crippen molar-refractivity contribution >= 4 is 40.1 Å². The van der Waals surface area contributed by atoms with Gasteiger partial charge in [-0.2, -0.15) is 0 Å². The summed E-state index contributed by atoms with van der Waals surface area (Å²) in [6, 6.07) is 52.2. The van der Waals surface area contributed by atoms with Gasteiger partial charge >= 0.3 is 5.97 Å². The van der Waals surface area contributed by atoms with Crippen LogP contribution < -0.4 is 19.3 Å². The van der Waals surface area contributed by atoms with Gasteiger partial charge in [0.2, 0.25) is 0 Å². The molecule has 2 heterocycles. The zero-order chi connectivity index (χ0) is 37.7. The van der Waals surface area contributed by atoms with Crippen LogP contribution in [0.15, 0.2) is 158 Å². The highest BCUT2D eigenvalue weighted by molar-refractivity contribution is 5.97. The Bertz CT molecular complexity index is 2440. The van der Waals surface area contributed by atoms with E-state index in [1.165, 1.54) is 0 Å². The number of aliphatic hydroxyl groups excluding tert-OH is 1. The third-order valence-corrected chi connectivity index (χ3v) is 10.6. The number of fused-ring (bicyclic) bond motifs is 6. The number of para-hydroxylation sites is 2. The summed E-state index contributed by atoms with van der Waals surface area (Å²) in [5.74, 6) is 1.55. The topological polar surface area (TPSA) is 71.5 Å². The predicted molar refractivity (Wildman–Crippen MR) is 216 cm³/mol. The van der Waals surface area contributed by atoms with Gasteiger partial charge in [-0.05, 0) is 109 Å². The Labute approximate surface area is 320 Å². The number of ether oxygens (including phenoxy) is 3. The second-order valence-corrected chi connectivity index (χ2v) is 13.9. The Balaban J connectivity index is 1.25. The van der Waals surface area contributed by atoms with E-state index < -0.39 is 5.60 Å². The van der Waals surface area contributed by atoms with Gasteiger partial charge in [-0.15, -0.1) is 0 Å². The predicted octanol–water partition coefficient (Wildman–Crippen LogP) is 11.3. The quantitative estimate of drug-likeness (QED) is 0.157. The van der Waals surface area contributed by atoms with Crippen molar-refractivity contribution in [1.82, 2.24) is 0 Å². The van der Waals surface area contributed by atoms with Crippen LogP contribution in [0.25, 0.3) is 0 Å². The number of aliphatic hydroxyl groups is 1. The van der Waals surface area contributed by atoms with Crippen LogP contribution >= 0.6 is 0 Å².